The number of alkyl halides is 2. The molecule has 0 spiro atoms. The lowest BCUT2D eigenvalue weighted by Gasteiger charge is -2.32. The van der Waals surface area contributed by atoms with Crippen LogP contribution in [0.25, 0.3) is 0 Å². The number of para-hydroxylation sites is 2. The first-order valence-electron chi connectivity index (χ1n) is 38.6. The molecule has 9 aromatic rings. The van der Waals surface area contributed by atoms with Gasteiger partial charge in [-0.25, -0.2) is 0 Å². The van der Waals surface area contributed by atoms with Crippen molar-refractivity contribution in [3.05, 3.63) is 264 Å². The summed E-state index contributed by atoms with van der Waals surface area (Å²) in [6.45, 7) is 29.3. The van der Waals surface area contributed by atoms with Crippen LogP contribution in [-0.2, 0) is 0 Å². The average Bonchev–Trinajstić information content (AvgIpc) is 0.754. The second kappa shape index (κ2) is 38.9. The Labute approximate surface area is 699 Å². The van der Waals surface area contributed by atoms with Crippen molar-refractivity contribution in [3.63, 3.8) is 0 Å². The van der Waals surface area contributed by atoms with Gasteiger partial charge in [-0.1, -0.05) is 115 Å². The summed E-state index contributed by atoms with van der Waals surface area (Å²) in [6, 6.07) is 52.3. The highest BCUT2D eigenvalue weighted by Crippen LogP contribution is 2.39. The van der Waals surface area contributed by atoms with Gasteiger partial charge in [0.05, 0.1) is 82.7 Å². The first kappa shape index (κ1) is 87.8. The first-order valence-corrected chi connectivity index (χ1v) is 40.8. The first-order chi connectivity index (χ1) is 55.0. The predicted octanol–water partition coefficient (Wildman–Crippen LogP) is 21.1. The van der Waals surface area contributed by atoms with Gasteiger partial charge in [0.2, 0.25) is 0 Å². The summed E-state index contributed by atoms with van der Waals surface area (Å²) in [6.07, 6.45) is 3.29. The molecule has 116 heavy (non-hydrogen) atoms. The average molecular weight is 1720 g/mol. The highest BCUT2D eigenvalue weighted by Gasteiger charge is 2.36. The van der Waals surface area contributed by atoms with Gasteiger partial charge in [0.1, 0.15) is 97.5 Å². The Kier molecular flexibility index (Phi) is 29.5. The number of carbonyl (C=O) groups excluding carboxylic acids is 9. The van der Waals surface area contributed by atoms with Crippen LogP contribution < -0.4 is 42.6 Å². The van der Waals surface area contributed by atoms with Gasteiger partial charge < -0.3 is 42.6 Å². The lowest BCUT2D eigenvalue weighted by Crippen LogP contribution is -2.36. The second-order valence-electron chi connectivity index (χ2n) is 30.9. The topological polar surface area (TPSA) is 237 Å². The maximum absolute atomic E-state index is 12.0. The van der Waals surface area contributed by atoms with E-state index in [0.29, 0.717) is 110 Å². The Morgan fingerprint density at radius 1 is 0.345 bits per heavy atom. The Morgan fingerprint density at radius 2 is 0.741 bits per heavy atom. The van der Waals surface area contributed by atoms with Crippen molar-refractivity contribution in [2.75, 3.05) is 26.4 Å². The number of halogens is 3. The minimum absolute atomic E-state index is 0.0207. The molecule has 5 atom stereocenters. The van der Waals surface area contributed by atoms with Crippen LogP contribution >= 0.6 is 43.5 Å². The molecule has 9 aromatic carbocycles. The number of hydrogen-bond donors (Lipinski definition) is 0. The zero-order chi connectivity index (χ0) is 84.0. The molecule has 606 valence electrons. The lowest BCUT2D eigenvalue weighted by molar-refractivity contribution is 0.0607. The van der Waals surface area contributed by atoms with Crippen molar-refractivity contribution in [2.45, 2.75) is 181 Å². The van der Waals surface area contributed by atoms with E-state index in [1.165, 1.54) is 0 Å². The summed E-state index contributed by atoms with van der Waals surface area (Å²) < 4.78 is 49.5. The van der Waals surface area contributed by atoms with E-state index in [2.05, 4.69) is 31.9 Å². The van der Waals surface area contributed by atoms with Crippen molar-refractivity contribution < 1.29 is 85.8 Å². The number of ether oxygens (including phenoxy) is 9. The third-order valence-electron chi connectivity index (χ3n) is 19.4. The van der Waals surface area contributed by atoms with Crippen LogP contribution in [0.1, 0.15) is 226 Å². The minimum atomic E-state index is -0.371. The van der Waals surface area contributed by atoms with Crippen LogP contribution in [0, 0.1) is 48.5 Å². The van der Waals surface area contributed by atoms with E-state index in [1.807, 2.05) is 243 Å². The molecule has 0 saturated heterocycles. The van der Waals surface area contributed by atoms with Crippen molar-refractivity contribution in [3.8, 4) is 51.7 Å². The maximum Gasteiger partial charge on any atom is 0.183 e. The molecule has 21 heteroatoms. The molecule has 9 heterocycles. The lowest BCUT2D eigenvalue weighted by atomic mass is 9.90. The highest BCUT2D eigenvalue weighted by molar-refractivity contribution is 9.10. The van der Waals surface area contributed by atoms with Crippen LogP contribution in [0.3, 0.4) is 0 Å². The number of ketones is 9. The van der Waals surface area contributed by atoms with Crippen molar-refractivity contribution in [1.29, 1.82) is 0 Å². The number of rotatable bonds is 0. The molecule has 0 aliphatic carbocycles. The van der Waals surface area contributed by atoms with E-state index in [4.69, 9.17) is 54.2 Å². The Morgan fingerprint density at radius 3 is 1.27 bits per heavy atom. The van der Waals surface area contributed by atoms with Crippen molar-refractivity contribution in [1.82, 2.24) is 0 Å². The van der Waals surface area contributed by atoms with Crippen LogP contribution in [-0.4, -0.2) is 118 Å². The van der Waals surface area contributed by atoms with Gasteiger partial charge in [-0.15, -0.1) is 0 Å². The highest BCUT2D eigenvalue weighted by atomic mass is 79.9. The summed E-state index contributed by atoms with van der Waals surface area (Å²) in [5.74, 6) is 7.91. The summed E-state index contributed by atoms with van der Waals surface area (Å²) >= 11 is 12.4. The minimum Gasteiger partial charge on any atom is -0.492 e. The molecule has 0 aromatic heterocycles. The third kappa shape index (κ3) is 23.2. The van der Waals surface area contributed by atoms with Gasteiger partial charge in [0, 0.05) is 37.1 Å². The van der Waals surface area contributed by atoms with Gasteiger partial charge in [0.25, 0.3) is 0 Å². The van der Waals surface area contributed by atoms with E-state index in [9.17, 15) is 43.2 Å². The fraction of sp³-hybridized carbons (Fsp3) is 0.337. The molecule has 0 fully saturated rings. The molecule has 9 aliphatic heterocycles. The largest absolute Gasteiger partial charge is 0.492 e. The van der Waals surface area contributed by atoms with Gasteiger partial charge >= 0.3 is 0 Å². The molecular weight excluding hydrogens is 1620 g/mol. The quantitative estimate of drug-likeness (QED) is 0.128. The van der Waals surface area contributed by atoms with Crippen LogP contribution in [0.5, 0.6) is 51.7 Å². The monoisotopic (exact) mass is 1720 g/mol. The van der Waals surface area contributed by atoms with Crippen molar-refractivity contribution >= 4 is 95.5 Å². The third-order valence-corrected chi connectivity index (χ3v) is 21.5. The van der Waals surface area contributed by atoms with Gasteiger partial charge in [-0.05, 0) is 234 Å². The number of aryl methyl sites for hydroxylation is 7. The fourth-order valence-corrected chi connectivity index (χ4v) is 14.6. The summed E-state index contributed by atoms with van der Waals surface area (Å²) in [5.41, 5.74) is 13.3. The number of benzene rings is 9. The second-order valence-corrected chi connectivity index (χ2v) is 33.4. The summed E-state index contributed by atoms with van der Waals surface area (Å²) in [4.78, 5) is 104. The summed E-state index contributed by atoms with van der Waals surface area (Å²) in [5, 5.41) is 0.574. The summed E-state index contributed by atoms with van der Waals surface area (Å²) in [7, 11) is 0. The smallest absolute Gasteiger partial charge is 0.183 e. The number of carbonyl (C=O) groups is 9. The van der Waals surface area contributed by atoms with Crippen LogP contribution in [0.2, 0.25) is 5.02 Å². The molecule has 18 rings (SSSR count). The van der Waals surface area contributed by atoms with Crippen LogP contribution in [0.15, 0.2) is 170 Å². The zero-order valence-corrected chi connectivity index (χ0v) is 71.7. The molecule has 18 nitrogen and oxygen atoms in total. The SMILES string of the molecule is CC1CC(=O)c2cc(Cl)ccc2O1.CC1CC(=O)c2ccccc2O1.CC1Oc2ccccc2C(=O)C1Br.Cc1cc(C)c2c(c1)OC(C)(C)CC2=O.Cc1ccc2c(c1)C(=O)C(Br)CO2.Cc1ccc2c(c1)C(=O)CC(C)(C)O2.Cc1ccc2c(c1)OCCC2=O.Cc1ccc2c(c1)OCCC2=O.Cc1ccc2c(c1)OCCC2=O. The molecule has 0 bridgehead atoms. The Hall–Kier alpha value is -10.5. The molecular formula is C95H97Br2ClO18. The maximum atomic E-state index is 12.0. The standard InChI is InChI=1S/C13H16O2.C12H14O2.2C10H9BrO2.C10H9ClO2.4C10H10O2/c1-8-5-9(2)12-10(14)7-13(3,4)15-11(12)6-8;1-8-4-5-11-9(6-8)10(13)7-12(2,3)14-11;1-6-2-3-9-7(4-6)10(12)8(11)5-13-9;1-6-9(11)10(12)7-4-2-3-5-8(7)13-6;1-6-4-9(12)8-5-7(11)2-3-10(8)13-6;3*1-7-2-3-8-9(11)4-5-12-10(8)6-7;1-7-6-9(11)8-4-2-3-5-10(8)12-7/h5-6H,7H2,1-4H3;4-6H,7H2,1-3H3;2-4,8H,5H2,1H3;2-6,9H,1H3;2-3,5-6H,4H2,1H3;3*2-3,6H,4-5H2,1H3;2-5,7H,6H2,1H3. The van der Waals surface area contributed by atoms with E-state index in [1.54, 1.807) is 24.3 Å². The van der Waals surface area contributed by atoms with Gasteiger partial charge in [-0.3, -0.25) is 43.2 Å². The zero-order valence-electron chi connectivity index (χ0n) is 67.8. The normalized spacial score (nSPS) is 19.2. The molecule has 9 aliphatic rings. The van der Waals surface area contributed by atoms with E-state index < -0.39 is 0 Å². The molecule has 0 saturated carbocycles. The molecule has 0 N–H and O–H groups in total. The van der Waals surface area contributed by atoms with E-state index in [-0.39, 0.29) is 91.2 Å². The molecule has 5 unspecified atom stereocenters. The predicted molar refractivity (Wildman–Crippen MR) is 455 cm³/mol. The van der Waals surface area contributed by atoms with Gasteiger partial charge in [0.15, 0.2) is 52.0 Å². The number of hydrogen-bond acceptors (Lipinski definition) is 18. The molecule has 0 amide bonds. The van der Waals surface area contributed by atoms with Crippen LogP contribution in [0.4, 0.5) is 0 Å². The van der Waals surface area contributed by atoms with Crippen molar-refractivity contribution in [2.24, 2.45) is 0 Å². The van der Waals surface area contributed by atoms with E-state index >= 15 is 0 Å². The Bertz CT molecular complexity index is 5070. The number of Topliss-reactive ketones (excluding diaryl/α,β-unsaturated/α-hetero) is 9. The fourth-order valence-electron chi connectivity index (χ4n) is 13.7. The van der Waals surface area contributed by atoms with E-state index in [0.717, 1.165) is 107 Å². The number of fused-ring (bicyclic) bond motifs is 9. The molecule has 0 radical (unpaired) electrons. The van der Waals surface area contributed by atoms with Gasteiger partial charge in [-0.2, -0.15) is 0 Å². The Balaban J connectivity index is 0.000000138.